The number of benzene rings is 2. The van der Waals surface area contributed by atoms with Gasteiger partial charge < -0.3 is 14.0 Å². The number of aryl methyl sites for hydroxylation is 1. The molecule has 5 rings (SSSR count). The summed E-state index contributed by atoms with van der Waals surface area (Å²) >= 11 is 1.40. The molecule has 0 unspecified atom stereocenters. The number of carbonyl (C=O) groups is 1. The van der Waals surface area contributed by atoms with E-state index in [2.05, 4.69) is 4.99 Å². The molecule has 0 radical (unpaired) electrons. The molecule has 0 spiro atoms. The molecular weight excluding hydrogens is 450 g/mol. The molecule has 10 heteroatoms. The number of sulfonamides is 1. The first-order chi connectivity index (χ1) is 15.4. The third kappa shape index (κ3) is 3.72. The second kappa shape index (κ2) is 8.02. The zero-order valence-corrected chi connectivity index (χ0v) is 19.4. The van der Waals surface area contributed by atoms with Crippen molar-refractivity contribution in [3.63, 3.8) is 0 Å². The molecule has 0 atom stereocenters. The molecule has 0 bridgehead atoms. The standard InChI is InChI=1S/C22H23N3O5S2/c1-3-25-17-12-18-19(30-11-10-29-18)13-20(17)31-22(25)23-21(26)14-4-8-16(9-5-14)32(27,28)24(2)15-6-7-15/h4-5,8-9,12-13,15H,3,6-7,10-11H2,1-2H3. The summed E-state index contributed by atoms with van der Waals surface area (Å²) in [6, 6.07) is 9.89. The van der Waals surface area contributed by atoms with E-state index in [1.54, 1.807) is 7.05 Å². The van der Waals surface area contributed by atoms with Gasteiger partial charge in [0.25, 0.3) is 5.91 Å². The number of nitrogens with zero attached hydrogens (tertiary/aromatic N) is 3. The first-order valence-corrected chi connectivity index (χ1v) is 12.7. The van der Waals surface area contributed by atoms with Gasteiger partial charge in [-0.05, 0) is 44.0 Å². The summed E-state index contributed by atoms with van der Waals surface area (Å²) in [5.41, 5.74) is 1.27. The molecule has 3 aromatic rings. The zero-order valence-electron chi connectivity index (χ0n) is 17.8. The zero-order chi connectivity index (χ0) is 22.5. The Hall–Kier alpha value is -2.69. The van der Waals surface area contributed by atoms with Crippen molar-refractivity contribution in [2.75, 3.05) is 20.3 Å². The minimum Gasteiger partial charge on any atom is -0.486 e. The van der Waals surface area contributed by atoms with E-state index in [1.807, 2.05) is 23.6 Å². The summed E-state index contributed by atoms with van der Waals surface area (Å²) in [5.74, 6) is 0.962. The fourth-order valence-corrected chi connectivity index (χ4v) is 6.24. The molecule has 168 valence electrons. The van der Waals surface area contributed by atoms with Crippen molar-refractivity contribution < 1.29 is 22.7 Å². The maximum Gasteiger partial charge on any atom is 0.279 e. The first kappa shape index (κ1) is 21.2. The summed E-state index contributed by atoms with van der Waals surface area (Å²) in [6.45, 7) is 3.64. The molecule has 1 aromatic heterocycles. The van der Waals surface area contributed by atoms with Crippen LogP contribution in [0.1, 0.15) is 30.1 Å². The van der Waals surface area contributed by atoms with E-state index in [4.69, 9.17) is 9.47 Å². The third-order valence-electron chi connectivity index (χ3n) is 5.70. The monoisotopic (exact) mass is 473 g/mol. The Morgan fingerprint density at radius 1 is 1.16 bits per heavy atom. The fourth-order valence-electron chi connectivity index (χ4n) is 3.72. The summed E-state index contributed by atoms with van der Waals surface area (Å²) in [6.07, 6.45) is 1.78. The second-order valence-corrected chi connectivity index (χ2v) is 10.8. The summed E-state index contributed by atoms with van der Waals surface area (Å²) in [4.78, 5) is 17.9. The largest absolute Gasteiger partial charge is 0.486 e. The second-order valence-electron chi connectivity index (χ2n) is 7.79. The van der Waals surface area contributed by atoms with E-state index in [1.165, 1.54) is 39.9 Å². The van der Waals surface area contributed by atoms with Gasteiger partial charge in [0.1, 0.15) is 13.2 Å². The maximum absolute atomic E-state index is 12.8. The van der Waals surface area contributed by atoms with Gasteiger partial charge in [0.15, 0.2) is 16.3 Å². The van der Waals surface area contributed by atoms with Crippen LogP contribution in [0.5, 0.6) is 11.5 Å². The number of fused-ring (bicyclic) bond motifs is 2. The quantitative estimate of drug-likeness (QED) is 0.568. The molecule has 2 heterocycles. The topological polar surface area (TPSA) is 90.2 Å². The van der Waals surface area contributed by atoms with E-state index in [0.717, 1.165) is 23.1 Å². The van der Waals surface area contributed by atoms with Gasteiger partial charge in [-0.15, -0.1) is 0 Å². The predicted molar refractivity (Wildman–Crippen MR) is 121 cm³/mol. The van der Waals surface area contributed by atoms with Crippen LogP contribution in [0, 0.1) is 0 Å². The van der Waals surface area contributed by atoms with Crippen LogP contribution < -0.4 is 14.3 Å². The number of carbonyl (C=O) groups excluding carboxylic acids is 1. The van der Waals surface area contributed by atoms with Crippen molar-refractivity contribution in [3.05, 3.63) is 46.8 Å². The summed E-state index contributed by atoms with van der Waals surface area (Å²) in [5, 5.41) is 0. The van der Waals surface area contributed by atoms with E-state index in [-0.39, 0.29) is 10.9 Å². The maximum atomic E-state index is 12.8. The molecule has 8 nitrogen and oxygen atoms in total. The van der Waals surface area contributed by atoms with Crippen LogP contribution in [0.3, 0.4) is 0 Å². The van der Waals surface area contributed by atoms with Gasteiger partial charge in [-0.3, -0.25) is 4.79 Å². The Labute approximate surface area is 189 Å². The molecule has 32 heavy (non-hydrogen) atoms. The predicted octanol–water partition coefficient (Wildman–Crippen LogP) is 3.02. The number of aromatic nitrogens is 1. The van der Waals surface area contributed by atoms with Gasteiger partial charge in [0, 0.05) is 37.3 Å². The highest BCUT2D eigenvalue weighted by Gasteiger charge is 2.35. The van der Waals surface area contributed by atoms with Crippen LogP contribution in [0.2, 0.25) is 0 Å². The average molecular weight is 474 g/mol. The lowest BCUT2D eigenvalue weighted by Crippen LogP contribution is -2.28. The van der Waals surface area contributed by atoms with Gasteiger partial charge in [0.2, 0.25) is 10.0 Å². The van der Waals surface area contributed by atoms with Crippen LogP contribution in [0.4, 0.5) is 0 Å². The van der Waals surface area contributed by atoms with Gasteiger partial charge >= 0.3 is 0 Å². The normalized spacial score (nSPS) is 16.7. The average Bonchev–Trinajstić information content (AvgIpc) is 3.59. The Morgan fingerprint density at radius 2 is 1.81 bits per heavy atom. The van der Waals surface area contributed by atoms with Crippen molar-refractivity contribution in [1.82, 2.24) is 8.87 Å². The van der Waals surface area contributed by atoms with Gasteiger partial charge in [-0.25, -0.2) is 8.42 Å². The van der Waals surface area contributed by atoms with E-state index in [9.17, 15) is 13.2 Å². The van der Waals surface area contributed by atoms with Crippen LogP contribution >= 0.6 is 11.3 Å². The lowest BCUT2D eigenvalue weighted by molar-refractivity contribution is 0.0997. The minimum absolute atomic E-state index is 0.0789. The van der Waals surface area contributed by atoms with Crippen molar-refractivity contribution in [1.29, 1.82) is 0 Å². The van der Waals surface area contributed by atoms with Crippen molar-refractivity contribution in [2.45, 2.75) is 37.2 Å². The number of hydrogen-bond acceptors (Lipinski definition) is 6. The minimum atomic E-state index is -3.55. The van der Waals surface area contributed by atoms with Crippen LogP contribution in [-0.4, -0.2) is 49.5 Å². The smallest absolute Gasteiger partial charge is 0.279 e. The lowest BCUT2D eigenvalue weighted by Gasteiger charge is -2.18. The highest BCUT2D eigenvalue weighted by Crippen LogP contribution is 2.35. The Balaban J connectivity index is 1.47. The van der Waals surface area contributed by atoms with Crippen molar-refractivity contribution in [2.24, 2.45) is 4.99 Å². The van der Waals surface area contributed by atoms with Gasteiger partial charge in [-0.2, -0.15) is 9.30 Å². The number of amides is 1. The van der Waals surface area contributed by atoms with Crippen molar-refractivity contribution in [3.8, 4) is 11.5 Å². The molecular formula is C22H23N3O5S2. The molecule has 1 aliphatic heterocycles. The van der Waals surface area contributed by atoms with E-state index >= 15 is 0 Å². The highest BCUT2D eigenvalue weighted by molar-refractivity contribution is 7.89. The van der Waals surface area contributed by atoms with Gasteiger partial charge in [0.05, 0.1) is 15.1 Å². The molecule has 2 aromatic carbocycles. The Kier molecular flexibility index (Phi) is 5.31. The number of thiazole rings is 1. The van der Waals surface area contributed by atoms with Gasteiger partial charge in [-0.1, -0.05) is 11.3 Å². The Bertz CT molecular complexity index is 1370. The molecule has 1 aliphatic carbocycles. The molecule has 1 amide bonds. The third-order valence-corrected chi connectivity index (χ3v) is 8.66. The number of rotatable bonds is 5. The fraction of sp³-hybridized carbons (Fsp3) is 0.364. The van der Waals surface area contributed by atoms with E-state index in [0.29, 0.717) is 41.6 Å². The van der Waals surface area contributed by atoms with Crippen LogP contribution in [0.25, 0.3) is 10.2 Å². The number of ether oxygens (including phenoxy) is 2. The van der Waals surface area contributed by atoms with Crippen LogP contribution in [-0.2, 0) is 16.6 Å². The molecule has 1 fully saturated rings. The lowest BCUT2D eigenvalue weighted by atomic mass is 10.2. The highest BCUT2D eigenvalue weighted by atomic mass is 32.2. The summed E-state index contributed by atoms with van der Waals surface area (Å²) in [7, 11) is -1.95. The first-order valence-electron chi connectivity index (χ1n) is 10.5. The van der Waals surface area contributed by atoms with Crippen LogP contribution in [0.15, 0.2) is 46.3 Å². The molecule has 1 saturated carbocycles. The molecule has 2 aliphatic rings. The molecule has 0 N–H and O–H groups in total. The Morgan fingerprint density at radius 3 is 2.44 bits per heavy atom. The van der Waals surface area contributed by atoms with E-state index < -0.39 is 15.9 Å². The SMILES string of the molecule is CCn1c(=NC(=O)c2ccc(S(=O)(=O)N(C)C3CC3)cc2)sc2cc3c(cc21)OCCO3. The molecule has 0 saturated heterocycles. The van der Waals surface area contributed by atoms with Crippen molar-refractivity contribution >= 4 is 37.5 Å². The summed E-state index contributed by atoms with van der Waals surface area (Å²) < 4.78 is 41.0. The number of hydrogen-bond donors (Lipinski definition) is 0.